The maximum atomic E-state index is 13.7. The number of nitriles is 1. The van der Waals surface area contributed by atoms with E-state index in [1.165, 1.54) is 6.92 Å². The Kier molecular flexibility index (Phi) is 5.82. The van der Waals surface area contributed by atoms with Gasteiger partial charge in [0.05, 0.1) is 31.8 Å². The van der Waals surface area contributed by atoms with Crippen molar-refractivity contribution in [2.45, 2.75) is 21.9 Å². The van der Waals surface area contributed by atoms with Crippen molar-refractivity contribution in [1.29, 1.82) is 5.26 Å². The molecule has 0 aliphatic heterocycles. The van der Waals surface area contributed by atoms with Gasteiger partial charge in [0.1, 0.15) is 6.07 Å². The van der Waals surface area contributed by atoms with Crippen LogP contribution < -0.4 is 0 Å². The van der Waals surface area contributed by atoms with Crippen molar-refractivity contribution >= 4 is 58.2 Å². The molecule has 1 N–H and O–H groups in total. The van der Waals surface area contributed by atoms with Crippen LogP contribution in [0.15, 0.2) is 17.0 Å². The summed E-state index contributed by atoms with van der Waals surface area (Å²) < 4.78 is 49.4. The molecule has 1 aromatic heterocycles. The first-order valence-corrected chi connectivity index (χ1v) is 8.63. The minimum atomic E-state index is -4.65. The second-order valence-electron chi connectivity index (χ2n) is 4.80. The molecule has 0 spiro atoms. The Morgan fingerprint density at radius 3 is 2.04 bits per heavy atom. The number of benzene rings is 1. The second kappa shape index (κ2) is 7.09. The number of aromatic nitrogens is 1. The van der Waals surface area contributed by atoms with Crippen LogP contribution in [-0.4, -0.2) is 8.90 Å². The van der Waals surface area contributed by atoms with Gasteiger partial charge in [-0.1, -0.05) is 46.4 Å². The number of H-pyrrole nitrogens is 1. The van der Waals surface area contributed by atoms with Gasteiger partial charge in [-0.25, -0.2) is 0 Å². The normalized spacial score (nSPS) is 12.3. The molecular weight excluding hydrogens is 446 g/mol. The summed E-state index contributed by atoms with van der Waals surface area (Å²) in [7, 11) is 0. The van der Waals surface area contributed by atoms with Crippen LogP contribution in [0.25, 0.3) is 11.3 Å². The maximum Gasteiger partial charge on any atom is 0.416 e. The Morgan fingerprint density at radius 1 is 1.12 bits per heavy atom. The molecule has 0 radical (unpaired) electrons. The van der Waals surface area contributed by atoms with Gasteiger partial charge in [0.15, 0.2) is 0 Å². The van der Waals surface area contributed by atoms with Gasteiger partial charge in [0.2, 0.25) is 0 Å². The van der Waals surface area contributed by atoms with Crippen LogP contribution >= 0.6 is 58.2 Å². The molecule has 134 valence electrons. The van der Waals surface area contributed by atoms with Crippen molar-refractivity contribution in [1.82, 2.24) is 4.98 Å². The lowest BCUT2D eigenvalue weighted by atomic mass is 10.1. The molecule has 1 heterocycles. The van der Waals surface area contributed by atoms with Gasteiger partial charge < -0.3 is 4.98 Å². The van der Waals surface area contributed by atoms with E-state index in [1.807, 2.05) is 6.07 Å². The Labute approximate surface area is 164 Å². The lowest BCUT2D eigenvalue weighted by Gasteiger charge is -2.14. The highest BCUT2D eigenvalue weighted by Crippen LogP contribution is 2.50. The molecule has 1 aromatic carbocycles. The Hall–Kier alpha value is -0.780. The zero-order valence-corrected chi connectivity index (χ0v) is 15.9. The first kappa shape index (κ1) is 20.5. The molecule has 0 fully saturated rings. The number of hydrogen-bond donors (Lipinski definition) is 1. The number of alkyl halides is 6. The molecule has 0 saturated heterocycles. The third-order valence-corrected chi connectivity index (χ3v) is 4.99. The maximum absolute atomic E-state index is 13.7. The van der Waals surface area contributed by atoms with Crippen LogP contribution in [0.5, 0.6) is 0 Å². The third-order valence-electron chi connectivity index (χ3n) is 3.09. The van der Waals surface area contributed by atoms with Crippen molar-refractivity contribution < 1.29 is 17.6 Å². The first-order chi connectivity index (χ1) is 11.3. The average Bonchev–Trinajstić information content (AvgIpc) is 2.71. The first-order valence-electron chi connectivity index (χ1n) is 6.30. The van der Waals surface area contributed by atoms with Gasteiger partial charge in [0, 0.05) is 11.3 Å². The summed E-state index contributed by atoms with van der Waals surface area (Å²) >= 11 is 22.9. The van der Waals surface area contributed by atoms with E-state index in [0.29, 0.717) is 29.6 Å². The lowest BCUT2D eigenvalue weighted by Crippen LogP contribution is -2.05. The highest BCUT2D eigenvalue weighted by Gasteiger charge is 2.34. The molecule has 0 unspecified atom stereocenters. The zero-order valence-electron chi connectivity index (χ0n) is 12.0. The number of thioether (sulfide) groups is 1. The van der Waals surface area contributed by atoms with E-state index < -0.39 is 15.7 Å². The minimum absolute atomic E-state index is 0.0175. The van der Waals surface area contributed by atoms with Crippen LogP contribution in [0.3, 0.4) is 0 Å². The molecule has 25 heavy (non-hydrogen) atoms. The summed E-state index contributed by atoms with van der Waals surface area (Å²) in [6.45, 7) is 1.51. The fourth-order valence-corrected chi connectivity index (χ4v) is 4.03. The summed E-state index contributed by atoms with van der Waals surface area (Å²) in [6.07, 6.45) is -4.65. The smallest absolute Gasteiger partial charge is 0.356 e. The van der Waals surface area contributed by atoms with Crippen LogP contribution in [0.2, 0.25) is 10.0 Å². The van der Waals surface area contributed by atoms with Crippen LogP contribution in [0.1, 0.15) is 16.8 Å². The third kappa shape index (κ3) is 4.50. The Bertz CT molecular complexity index is 842. The van der Waals surface area contributed by atoms with E-state index in [2.05, 4.69) is 4.98 Å². The Balaban J connectivity index is 2.74. The predicted molar refractivity (Wildman–Crippen MR) is 92.1 cm³/mol. The molecule has 2 nitrogen and oxygen atoms in total. The van der Waals surface area contributed by atoms with Crippen molar-refractivity contribution in [3.8, 4) is 17.3 Å². The SMILES string of the molecule is Cc1[nH]c(-c2c(Cl)cc(C(F)(F)F)cc2Cl)c(SC(F)(Cl)Cl)c1C#N. The van der Waals surface area contributed by atoms with Gasteiger partial charge >= 0.3 is 10.1 Å². The molecule has 0 saturated carbocycles. The van der Waals surface area contributed by atoms with Crippen molar-refractivity contribution in [3.63, 3.8) is 0 Å². The van der Waals surface area contributed by atoms with E-state index in [0.717, 1.165) is 0 Å². The number of hydrogen-bond acceptors (Lipinski definition) is 2. The van der Waals surface area contributed by atoms with Gasteiger partial charge in [0.25, 0.3) is 0 Å². The highest BCUT2D eigenvalue weighted by atomic mass is 35.5. The number of halogens is 8. The quantitative estimate of drug-likeness (QED) is 0.301. The molecule has 0 atom stereocenters. The minimum Gasteiger partial charge on any atom is -0.356 e. The van der Waals surface area contributed by atoms with Crippen LogP contribution in [0, 0.1) is 18.3 Å². The van der Waals surface area contributed by atoms with Gasteiger partial charge in [-0.15, -0.1) is 0 Å². The van der Waals surface area contributed by atoms with E-state index in [9.17, 15) is 22.8 Å². The number of aryl methyl sites for hydroxylation is 1. The largest absolute Gasteiger partial charge is 0.416 e. The molecule has 0 bridgehead atoms. The summed E-state index contributed by atoms with van der Waals surface area (Å²) in [5, 5.41) is 8.57. The number of rotatable bonds is 3. The summed E-state index contributed by atoms with van der Waals surface area (Å²) in [5.74, 6) is 0. The number of aromatic amines is 1. The van der Waals surface area contributed by atoms with Crippen LogP contribution in [-0.2, 0) is 6.18 Å². The molecule has 2 aromatic rings. The van der Waals surface area contributed by atoms with Crippen molar-refractivity contribution in [2.24, 2.45) is 0 Å². The van der Waals surface area contributed by atoms with Crippen molar-refractivity contribution in [2.75, 3.05) is 0 Å². The molecular formula is C14H6Cl4F4N2S. The summed E-state index contributed by atoms with van der Waals surface area (Å²) in [6, 6.07) is 3.22. The van der Waals surface area contributed by atoms with Gasteiger partial charge in [-0.2, -0.15) is 22.8 Å². The lowest BCUT2D eigenvalue weighted by molar-refractivity contribution is -0.137. The fraction of sp³-hybridized carbons (Fsp3) is 0.214. The zero-order chi connectivity index (χ0) is 19.2. The molecule has 11 heteroatoms. The summed E-state index contributed by atoms with van der Waals surface area (Å²) in [4.78, 5) is 2.75. The Morgan fingerprint density at radius 2 is 1.64 bits per heavy atom. The standard InChI is InChI=1S/C14H6Cl4F4N2S/c1-5-7(4-23)12(25-14(17,18)22)11(24-5)10-8(15)2-6(3-9(10)16)13(19,20)21/h2-3,24H,1H3. The topological polar surface area (TPSA) is 39.6 Å². The molecule has 2 rings (SSSR count). The monoisotopic (exact) mass is 450 g/mol. The van der Waals surface area contributed by atoms with E-state index in [4.69, 9.17) is 46.4 Å². The molecule has 0 amide bonds. The predicted octanol–water partition coefficient (Wildman–Crippen LogP) is 7.34. The number of nitrogens with one attached hydrogen (secondary N) is 1. The molecule has 0 aliphatic carbocycles. The van der Waals surface area contributed by atoms with Gasteiger partial charge in [-0.3, -0.25) is 0 Å². The molecule has 0 aliphatic rings. The van der Waals surface area contributed by atoms with E-state index >= 15 is 0 Å². The summed E-state index contributed by atoms with van der Waals surface area (Å²) in [5.41, 5.74) is -0.675. The highest BCUT2D eigenvalue weighted by molar-refractivity contribution is 8.03. The van der Waals surface area contributed by atoms with Gasteiger partial charge in [-0.05, 0) is 30.8 Å². The number of nitrogens with zero attached hydrogens (tertiary/aromatic N) is 1. The second-order valence-corrected chi connectivity index (χ2v) is 8.47. The van der Waals surface area contributed by atoms with Crippen molar-refractivity contribution in [3.05, 3.63) is 39.0 Å². The average molecular weight is 452 g/mol. The van der Waals surface area contributed by atoms with E-state index in [1.54, 1.807) is 0 Å². The van der Waals surface area contributed by atoms with E-state index in [-0.39, 0.29) is 31.8 Å². The fourth-order valence-electron chi connectivity index (χ4n) is 2.11. The van der Waals surface area contributed by atoms with Crippen LogP contribution in [0.4, 0.5) is 17.6 Å².